The molecule has 1 aromatic rings. The molecule has 2 N–H and O–H groups in total. The predicted octanol–water partition coefficient (Wildman–Crippen LogP) is 3.80. The molecule has 1 amide bonds. The van der Waals surface area contributed by atoms with Gasteiger partial charge in [0, 0.05) is 13.5 Å². The van der Waals surface area contributed by atoms with Gasteiger partial charge in [0.15, 0.2) is 0 Å². The Hall–Kier alpha value is -2.04. The molecule has 0 saturated carbocycles. The van der Waals surface area contributed by atoms with Crippen molar-refractivity contribution in [3.8, 4) is 0 Å². The number of alkyl carbamates (subject to hydrolysis) is 1. The lowest BCUT2D eigenvalue weighted by atomic mass is 9.96. The van der Waals surface area contributed by atoms with Crippen LogP contribution in [0.1, 0.15) is 52.0 Å². The summed E-state index contributed by atoms with van der Waals surface area (Å²) in [7, 11) is 1.54. The molecule has 0 heterocycles. The van der Waals surface area contributed by atoms with Crippen LogP contribution < -0.4 is 5.32 Å². The van der Waals surface area contributed by atoms with Crippen LogP contribution >= 0.6 is 0 Å². The normalized spacial score (nSPS) is 11.7. The van der Waals surface area contributed by atoms with E-state index in [1.54, 1.807) is 0 Å². The van der Waals surface area contributed by atoms with E-state index in [-0.39, 0.29) is 18.1 Å². The molecule has 5 heteroatoms. The van der Waals surface area contributed by atoms with Crippen molar-refractivity contribution in [1.82, 2.24) is 5.32 Å². The van der Waals surface area contributed by atoms with E-state index < -0.39 is 5.97 Å². The zero-order chi connectivity index (χ0) is 17.2. The summed E-state index contributed by atoms with van der Waals surface area (Å²) in [5, 5.41) is 10.9. The second-order valence-corrected chi connectivity index (χ2v) is 6.00. The van der Waals surface area contributed by atoms with Crippen LogP contribution in [-0.4, -0.2) is 29.8 Å². The molecule has 1 aromatic carbocycles. The van der Waals surface area contributed by atoms with Crippen molar-refractivity contribution >= 4 is 12.1 Å². The Morgan fingerprint density at radius 3 is 2.14 bits per heavy atom. The van der Waals surface area contributed by atoms with Crippen molar-refractivity contribution < 1.29 is 19.4 Å². The first-order chi connectivity index (χ1) is 10.2. The Morgan fingerprint density at radius 2 is 1.77 bits per heavy atom. The Morgan fingerprint density at radius 1 is 1.23 bits per heavy atom. The van der Waals surface area contributed by atoms with E-state index in [0.29, 0.717) is 12.3 Å². The van der Waals surface area contributed by atoms with Crippen LogP contribution in [-0.2, 0) is 9.53 Å². The maximum Gasteiger partial charge on any atom is 0.407 e. The minimum atomic E-state index is -0.720. The molecule has 1 unspecified atom stereocenters. The maximum atomic E-state index is 10.5. The second kappa shape index (κ2) is 9.82. The lowest BCUT2D eigenvalue weighted by Crippen LogP contribution is -2.30. The number of nitrogens with one attached hydrogen (secondary N) is 1. The lowest BCUT2D eigenvalue weighted by molar-refractivity contribution is -0.137. The molecule has 1 atom stereocenters. The third kappa shape index (κ3) is 10.7. The van der Waals surface area contributed by atoms with E-state index in [2.05, 4.69) is 12.2 Å². The Bertz CT molecular complexity index is 451. The number of carbonyl (C=O) groups is 2. The van der Waals surface area contributed by atoms with Gasteiger partial charge in [-0.3, -0.25) is 4.79 Å². The van der Waals surface area contributed by atoms with Crippen LogP contribution in [0.2, 0.25) is 0 Å². The largest absolute Gasteiger partial charge is 0.481 e. The number of ether oxygens (including phenoxy) is 1. The van der Waals surface area contributed by atoms with Crippen molar-refractivity contribution in [2.75, 3.05) is 7.05 Å². The molecule has 0 saturated heterocycles. The quantitative estimate of drug-likeness (QED) is 0.887. The SMILES string of the molecule is CC(CCC(=O)O)c1ccccc1.CNC(=O)OC(C)(C)C. The smallest absolute Gasteiger partial charge is 0.407 e. The highest BCUT2D eigenvalue weighted by atomic mass is 16.6. The number of amides is 1. The van der Waals surface area contributed by atoms with E-state index in [1.807, 2.05) is 51.1 Å². The standard InChI is InChI=1S/C11H14O2.C6H13NO2/c1-9(7-8-11(12)13)10-5-3-2-4-6-10;1-6(2,3)9-5(8)7-4/h2-6,9H,7-8H2,1H3,(H,12,13);1-4H3,(H,7,8). The topological polar surface area (TPSA) is 75.6 Å². The summed E-state index contributed by atoms with van der Waals surface area (Å²) in [6, 6.07) is 9.99. The molecule has 0 aliphatic heterocycles. The molecule has 124 valence electrons. The molecule has 0 bridgehead atoms. The number of benzene rings is 1. The van der Waals surface area contributed by atoms with Crippen LogP contribution in [0, 0.1) is 0 Å². The Kier molecular flexibility index (Phi) is 8.91. The second-order valence-electron chi connectivity index (χ2n) is 6.00. The summed E-state index contributed by atoms with van der Waals surface area (Å²) in [4.78, 5) is 20.8. The van der Waals surface area contributed by atoms with Crippen LogP contribution in [0.25, 0.3) is 0 Å². The fourth-order valence-corrected chi connectivity index (χ4v) is 1.62. The zero-order valence-electron chi connectivity index (χ0n) is 14.1. The number of carbonyl (C=O) groups excluding carboxylic acids is 1. The molecule has 0 aliphatic rings. The van der Waals surface area contributed by atoms with Crippen LogP contribution in [0.5, 0.6) is 0 Å². The van der Waals surface area contributed by atoms with Crippen molar-refractivity contribution in [3.05, 3.63) is 35.9 Å². The molecule has 22 heavy (non-hydrogen) atoms. The van der Waals surface area contributed by atoms with Gasteiger partial charge in [0.25, 0.3) is 0 Å². The number of aliphatic carboxylic acids is 1. The van der Waals surface area contributed by atoms with Crippen LogP contribution in [0.15, 0.2) is 30.3 Å². The first-order valence-corrected chi connectivity index (χ1v) is 7.33. The first kappa shape index (κ1) is 20.0. The summed E-state index contributed by atoms with van der Waals surface area (Å²) in [5.74, 6) is -0.389. The number of carboxylic acids is 1. The van der Waals surface area contributed by atoms with E-state index in [0.717, 1.165) is 0 Å². The third-order valence-electron chi connectivity index (χ3n) is 2.76. The summed E-state index contributed by atoms with van der Waals surface area (Å²) < 4.78 is 4.84. The third-order valence-corrected chi connectivity index (χ3v) is 2.76. The van der Waals surface area contributed by atoms with Gasteiger partial charge in [-0.2, -0.15) is 0 Å². The number of hydrogen-bond donors (Lipinski definition) is 2. The Balaban J connectivity index is 0.000000433. The van der Waals surface area contributed by atoms with Gasteiger partial charge < -0.3 is 15.2 Å². The van der Waals surface area contributed by atoms with Gasteiger partial charge in [-0.25, -0.2) is 4.79 Å². The Labute approximate surface area is 132 Å². The number of hydrogen-bond acceptors (Lipinski definition) is 3. The van der Waals surface area contributed by atoms with Gasteiger partial charge in [-0.05, 0) is 38.7 Å². The zero-order valence-corrected chi connectivity index (χ0v) is 14.1. The molecule has 5 nitrogen and oxygen atoms in total. The predicted molar refractivity (Wildman–Crippen MR) is 87.0 cm³/mol. The van der Waals surface area contributed by atoms with Gasteiger partial charge in [0.2, 0.25) is 0 Å². The summed E-state index contributed by atoms with van der Waals surface area (Å²) in [6.07, 6.45) is 0.567. The average molecular weight is 309 g/mol. The molecular weight excluding hydrogens is 282 g/mol. The van der Waals surface area contributed by atoms with E-state index >= 15 is 0 Å². The highest BCUT2D eigenvalue weighted by Gasteiger charge is 2.14. The van der Waals surface area contributed by atoms with E-state index in [4.69, 9.17) is 9.84 Å². The fourth-order valence-electron chi connectivity index (χ4n) is 1.62. The molecule has 0 radical (unpaired) electrons. The molecule has 0 spiro atoms. The highest BCUT2D eigenvalue weighted by Crippen LogP contribution is 2.19. The van der Waals surface area contributed by atoms with E-state index in [1.165, 1.54) is 12.6 Å². The maximum absolute atomic E-state index is 10.5. The molecular formula is C17H27NO4. The molecule has 1 rings (SSSR count). The van der Waals surface area contributed by atoms with Crippen molar-refractivity contribution in [2.24, 2.45) is 0 Å². The average Bonchev–Trinajstić information content (AvgIpc) is 2.44. The highest BCUT2D eigenvalue weighted by molar-refractivity contribution is 5.67. The molecule has 0 aliphatic carbocycles. The van der Waals surface area contributed by atoms with Gasteiger partial charge in [0.05, 0.1) is 0 Å². The van der Waals surface area contributed by atoms with Gasteiger partial charge in [0.1, 0.15) is 5.60 Å². The van der Waals surface area contributed by atoms with Gasteiger partial charge in [-0.15, -0.1) is 0 Å². The summed E-state index contributed by atoms with van der Waals surface area (Å²) in [5.41, 5.74) is 0.823. The lowest BCUT2D eigenvalue weighted by Gasteiger charge is -2.18. The number of carboxylic acid groups (broad SMARTS) is 1. The minimum absolute atomic E-state index is 0.246. The summed E-state index contributed by atoms with van der Waals surface area (Å²) in [6.45, 7) is 7.52. The van der Waals surface area contributed by atoms with E-state index in [9.17, 15) is 9.59 Å². The first-order valence-electron chi connectivity index (χ1n) is 7.33. The summed E-state index contributed by atoms with van der Waals surface area (Å²) >= 11 is 0. The minimum Gasteiger partial charge on any atom is -0.481 e. The van der Waals surface area contributed by atoms with Crippen molar-refractivity contribution in [3.63, 3.8) is 0 Å². The van der Waals surface area contributed by atoms with Gasteiger partial charge >= 0.3 is 12.1 Å². The van der Waals surface area contributed by atoms with Crippen LogP contribution in [0.4, 0.5) is 4.79 Å². The van der Waals surface area contributed by atoms with Crippen LogP contribution in [0.3, 0.4) is 0 Å². The van der Waals surface area contributed by atoms with Crippen molar-refractivity contribution in [1.29, 1.82) is 0 Å². The van der Waals surface area contributed by atoms with Crippen molar-refractivity contribution in [2.45, 2.75) is 52.1 Å². The monoisotopic (exact) mass is 309 g/mol. The van der Waals surface area contributed by atoms with Gasteiger partial charge in [-0.1, -0.05) is 37.3 Å². The molecule has 0 aromatic heterocycles. The number of rotatable bonds is 4. The molecule has 0 fully saturated rings. The fraction of sp³-hybridized carbons (Fsp3) is 0.529.